The van der Waals surface area contributed by atoms with E-state index in [4.69, 9.17) is 21.1 Å². The Balaban J connectivity index is 2.47. The number of aryl methyl sites for hydroxylation is 1. The zero-order chi connectivity index (χ0) is 14.0. The first-order valence-corrected chi connectivity index (χ1v) is 6.84. The third kappa shape index (κ3) is 2.60. The molecule has 2 rings (SSSR count). The molecule has 0 spiro atoms. The van der Waals surface area contributed by atoms with Crippen molar-refractivity contribution in [2.45, 2.75) is 6.92 Å². The lowest BCUT2D eigenvalue weighted by Crippen LogP contribution is -2.03. The van der Waals surface area contributed by atoms with E-state index in [1.807, 2.05) is 12.3 Å². The summed E-state index contributed by atoms with van der Waals surface area (Å²) in [5.74, 6) is 0.982. The maximum Gasteiger partial charge on any atom is 0.208 e. The average Bonchev–Trinajstić information content (AvgIpc) is 2.77. The highest BCUT2D eigenvalue weighted by Gasteiger charge is 2.20. The number of halogens is 1. The fourth-order valence-electron chi connectivity index (χ4n) is 1.69. The van der Waals surface area contributed by atoms with Crippen LogP contribution in [0.4, 0.5) is 0 Å². The van der Waals surface area contributed by atoms with Gasteiger partial charge in [-0.3, -0.25) is 4.79 Å². The van der Waals surface area contributed by atoms with Gasteiger partial charge >= 0.3 is 0 Å². The standard InChI is InChI=1S/C14H13ClO3S/c1-8-7-19-14(12(8)15)13(16)10-5-4-9(17-2)6-11(10)18-3/h4-7H,1-3H3. The van der Waals surface area contributed by atoms with Crippen LogP contribution < -0.4 is 9.47 Å². The first kappa shape index (κ1) is 13.9. The Morgan fingerprint density at radius 3 is 2.53 bits per heavy atom. The summed E-state index contributed by atoms with van der Waals surface area (Å²) in [4.78, 5) is 13.0. The number of ether oxygens (including phenoxy) is 2. The second kappa shape index (κ2) is 5.63. The van der Waals surface area contributed by atoms with Gasteiger partial charge in [0.05, 0.1) is 29.7 Å². The lowest BCUT2D eigenvalue weighted by Gasteiger charge is -2.09. The normalized spacial score (nSPS) is 10.3. The molecule has 0 amide bonds. The van der Waals surface area contributed by atoms with E-state index in [9.17, 15) is 4.79 Å². The van der Waals surface area contributed by atoms with E-state index in [-0.39, 0.29) is 5.78 Å². The van der Waals surface area contributed by atoms with Gasteiger partial charge in [-0.2, -0.15) is 0 Å². The summed E-state index contributed by atoms with van der Waals surface area (Å²) in [7, 11) is 3.09. The van der Waals surface area contributed by atoms with Crippen molar-refractivity contribution >= 4 is 28.7 Å². The minimum atomic E-state index is -0.136. The van der Waals surface area contributed by atoms with Crippen LogP contribution in [0.5, 0.6) is 11.5 Å². The van der Waals surface area contributed by atoms with Crippen molar-refractivity contribution < 1.29 is 14.3 Å². The van der Waals surface area contributed by atoms with Crippen molar-refractivity contribution in [3.8, 4) is 11.5 Å². The van der Waals surface area contributed by atoms with Crippen molar-refractivity contribution in [1.29, 1.82) is 0 Å². The van der Waals surface area contributed by atoms with Crippen LogP contribution in [0.15, 0.2) is 23.6 Å². The van der Waals surface area contributed by atoms with Gasteiger partial charge in [0.25, 0.3) is 0 Å². The van der Waals surface area contributed by atoms with Gasteiger partial charge in [0, 0.05) is 6.07 Å². The number of ketones is 1. The minimum absolute atomic E-state index is 0.136. The minimum Gasteiger partial charge on any atom is -0.497 e. The van der Waals surface area contributed by atoms with Gasteiger partial charge in [0.15, 0.2) is 0 Å². The molecule has 3 nitrogen and oxygen atoms in total. The van der Waals surface area contributed by atoms with Crippen LogP contribution in [-0.2, 0) is 0 Å². The van der Waals surface area contributed by atoms with Gasteiger partial charge in [-0.15, -0.1) is 11.3 Å². The van der Waals surface area contributed by atoms with Gasteiger partial charge in [-0.05, 0) is 30.0 Å². The molecule has 0 bridgehead atoms. The molecule has 0 aliphatic carbocycles. The second-order valence-corrected chi connectivity index (χ2v) is 5.21. The Morgan fingerprint density at radius 1 is 1.26 bits per heavy atom. The molecular weight excluding hydrogens is 284 g/mol. The number of carbonyl (C=O) groups excluding carboxylic acids is 1. The van der Waals surface area contributed by atoms with Gasteiger partial charge in [-0.25, -0.2) is 0 Å². The lowest BCUT2D eigenvalue weighted by atomic mass is 10.1. The first-order valence-electron chi connectivity index (χ1n) is 5.58. The molecule has 0 saturated heterocycles. The number of hydrogen-bond acceptors (Lipinski definition) is 4. The van der Waals surface area contributed by atoms with Crippen LogP contribution in [-0.4, -0.2) is 20.0 Å². The molecule has 0 atom stereocenters. The third-order valence-corrected chi connectivity index (χ3v) is 4.45. The predicted octanol–water partition coefficient (Wildman–Crippen LogP) is 3.96. The quantitative estimate of drug-likeness (QED) is 0.801. The molecule has 0 N–H and O–H groups in total. The van der Waals surface area contributed by atoms with Gasteiger partial charge in [0.1, 0.15) is 11.5 Å². The molecule has 0 aliphatic heterocycles. The van der Waals surface area contributed by atoms with Gasteiger partial charge in [-0.1, -0.05) is 11.6 Å². The predicted molar refractivity (Wildman–Crippen MR) is 77.0 cm³/mol. The topological polar surface area (TPSA) is 35.5 Å². The van der Waals surface area contributed by atoms with Crippen LogP contribution >= 0.6 is 22.9 Å². The summed E-state index contributed by atoms with van der Waals surface area (Å²) in [6.45, 7) is 1.88. The van der Waals surface area contributed by atoms with Crippen molar-refractivity contribution in [2.75, 3.05) is 14.2 Å². The maximum atomic E-state index is 12.5. The zero-order valence-electron chi connectivity index (χ0n) is 10.8. The fourth-order valence-corrected chi connectivity index (χ4v) is 2.92. The molecule has 0 unspecified atom stereocenters. The molecule has 1 aromatic heterocycles. The number of rotatable bonds is 4. The van der Waals surface area contributed by atoms with E-state index in [1.165, 1.54) is 18.4 Å². The van der Waals surface area contributed by atoms with E-state index in [1.54, 1.807) is 25.3 Å². The summed E-state index contributed by atoms with van der Waals surface area (Å²) in [5, 5.41) is 2.37. The van der Waals surface area contributed by atoms with Gasteiger partial charge in [0.2, 0.25) is 5.78 Å². The summed E-state index contributed by atoms with van der Waals surface area (Å²) < 4.78 is 10.3. The van der Waals surface area contributed by atoms with E-state index < -0.39 is 0 Å². The Kier molecular flexibility index (Phi) is 4.12. The van der Waals surface area contributed by atoms with Crippen LogP contribution in [0.25, 0.3) is 0 Å². The second-order valence-electron chi connectivity index (χ2n) is 3.96. The van der Waals surface area contributed by atoms with Crippen LogP contribution in [0, 0.1) is 6.92 Å². The monoisotopic (exact) mass is 296 g/mol. The largest absolute Gasteiger partial charge is 0.497 e. The molecule has 0 aliphatic rings. The SMILES string of the molecule is COc1ccc(C(=O)c2scc(C)c2Cl)c(OC)c1. The third-order valence-electron chi connectivity index (χ3n) is 2.76. The van der Waals surface area contributed by atoms with Crippen LogP contribution in [0.1, 0.15) is 20.8 Å². The molecule has 1 heterocycles. The van der Waals surface area contributed by atoms with E-state index in [2.05, 4.69) is 0 Å². The van der Waals surface area contributed by atoms with E-state index in [0.29, 0.717) is 27.0 Å². The van der Waals surface area contributed by atoms with E-state index in [0.717, 1.165) is 5.56 Å². The van der Waals surface area contributed by atoms with Crippen LogP contribution in [0.2, 0.25) is 5.02 Å². The average molecular weight is 297 g/mol. The van der Waals surface area contributed by atoms with Crippen molar-refractivity contribution in [1.82, 2.24) is 0 Å². The summed E-state index contributed by atoms with van der Waals surface area (Å²) >= 11 is 7.47. The Labute approximate surface area is 120 Å². The van der Waals surface area contributed by atoms with Crippen molar-refractivity contribution in [3.05, 3.63) is 44.6 Å². The molecule has 19 heavy (non-hydrogen) atoms. The highest BCUT2D eigenvalue weighted by molar-refractivity contribution is 7.13. The molecule has 0 radical (unpaired) electrons. The molecule has 0 fully saturated rings. The lowest BCUT2D eigenvalue weighted by molar-refractivity contribution is 0.103. The Bertz CT molecular complexity index is 619. The van der Waals surface area contributed by atoms with Crippen molar-refractivity contribution in [2.24, 2.45) is 0 Å². The molecule has 5 heteroatoms. The molecular formula is C14H13ClO3S. The highest BCUT2D eigenvalue weighted by atomic mass is 35.5. The van der Waals surface area contributed by atoms with E-state index >= 15 is 0 Å². The number of benzene rings is 1. The number of carbonyl (C=O) groups is 1. The smallest absolute Gasteiger partial charge is 0.208 e. The summed E-state index contributed by atoms with van der Waals surface area (Å²) in [6, 6.07) is 5.09. The Hall–Kier alpha value is -1.52. The molecule has 100 valence electrons. The number of hydrogen-bond donors (Lipinski definition) is 0. The molecule has 0 saturated carbocycles. The summed E-state index contributed by atoms with van der Waals surface area (Å²) in [6.07, 6.45) is 0. The fraction of sp³-hybridized carbons (Fsp3) is 0.214. The number of methoxy groups -OCH3 is 2. The molecule has 2 aromatic rings. The van der Waals surface area contributed by atoms with Crippen molar-refractivity contribution in [3.63, 3.8) is 0 Å². The van der Waals surface area contributed by atoms with Gasteiger partial charge < -0.3 is 9.47 Å². The Morgan fingerprint density at radius 2 is 2.00 bits per heavy atom. The molecule has 1 aromatic carbocycles. The highest BCUT2D eigenvalue weighted by Crippen LogP contribution is 2.33. The first-order chi connectivity index (χ1) is 9.08. The van der Waals surface area contributed by atoms with Crippen LogP contribution in [0.3, 0.4) is 0 Å². The summed E-state index contributed by atoms with van der Waals surface area (Å²) in [5.41, 5.74) is 1.38. The maximum absolute atomic E-state index is 12.5. The zero-order valence-corrected chi connectivity index (χ0v) is 12.4. The number of thiophene rings is 1.